The molecule has 1 saturated carbocycles. The normalized spacial score (nSPS) is 27.2. The van der Waals surface area contributed by atoms with E-state index in [4.69, 9.17) is 0 Å². The zero-order valence-corrected chi connectivity index (χ0v) is 10.8. The third-order valence-corrected chi connectivity index (χ3v) is 3.83. The fourth-order valence-electron chi connectivity index (χ4n) is 2.46. The smallest absolute Gasteiger partial charge is 0.0104 e. The minimum Gasteiger partial charge on any atom is -0.313 e. The molecule has 90 valence electrons. The molecule has 1 fully saturated rings. The molecular weight excluding hydrogens is 184 g/mol. The maximum Gasteiger partial charge on any atom is 0.0104 e. The maximum atomic E-state index is 3.71. The highest BCUT2D eigenvalue weighted by molar-refractivity contribution is 4.77. The number of nitrogens with one attached hydrogen (secondary N) is 1. The molecule has 2 atom stereocenters. The number of nitrogens with zero attached hydrogens (tertiary/aromatic N) is 1. The quantitative estimate of drug-likeness (QED) is 0.728. The third-order valence-electron chi connectivity index (χ3n) is 3.83. The van der Waals surface area contributed by atoms with Gasteiger partial charge in [-0.05, 0) is 32.4 Å². The van der Waals surface area contributed by atoms with Crippen molar-refractivity contribution < 1.29 is 0 Å². The molecule has 2 unspecified atom stereocenters. The molecule has 0 aliphatic heterocycles. The van der Waals surface area contributed by atoms with Crippen molar-refractivity contribution in [1.82, 2.24) is 10.2 Å². The lowest BCUT2D eigenvalue weighted by atomic mass is 9.84. The molecule has 0 saturated heterocycles. The predicted molar refractivity (Wildman–Crippen MR) is 67.2 cm³/mol. The van der Waals surface area contributed by atoms with Crippen LogP contribution in [0.1, 0.15) is 46.0 Å². The summed E-state index contributed by atoms with van der Waals surface area (Å²) in [6.07, 6.45) is 7.06. The van der Waals surface area contributed by atoms with E-state index in [-0.39, 0.29) is 0 Å². The minimum atomic E-state index is 0.800. The van der Waals surface area contributed by atoms with E-state index in [1.54, 1.807) is 0 Å². The second kappa shape index (κ2) is 7.24. The zero-order chi connectivity index (χ0) is 11.1. The van der Waals surface area contributed by atoms with Gasteiger partial charge in [0.25, 0.3) is 0 Å². The van der Waals surface area contributed by atoms with Crippen molar-refractivity contribution in [2.24, 2.45) is 5.92 Å². The van der Waals surface area contributed by atoms with Crippen molar-refractivity contribution in [3.63, 3.8) is 0 Å². The van der Waals surface area contributed by atoms with E-state index in [0.717, 1.165) is 25.0 Å². The third kappa shape index (κ3) is 4.98. The molecule has 0 aromatic heterocycles. The van der Waals surface area contributed by atoms with Crippen LogP contribution in [-0.4, -0.2) is 37.6 Å². The highest BCUT2D eigenvalue weighted by Crippen LogP contribution is 2.26. The molecule has 1 aliphatic rings. The van der Waals surface area contributed by atoms with Gasteiger partial charge in [0.05, 0.1) is 0 Å². The summed E-state index contributed by atoms with van der Waals surface area (Å²) in [6.45, 7) is 8.05. The second-order valence-electron chi connectivity index (χ2n) is 4.99. The van der Waals surface area contributed by atoms with Crippen LogP contribution in [0.25, 0.3) is 0 Å². The Kier molecular flexibility index (Phi) is 6.26. The molecule has 15 heavy (non-hydrogen) atoms. The van der Waals surface area contributed by atoms with Gasteiger partial charge in [0.2, 0.25) is 0 Å². The Morgan fingerprint density at radius 2 is 2.07 bits per heavy atom. The molecule has 0 bridgehead atoms. The first-order chi connectivity index (χ1) is 7.26. The van der Waals surface area contributed by atoms with Crippen LogP contribution >= 0.6 is 0 Å². The van der Waals surface area contributed by atoms with E-state index in [1.807, 2.05) is 0 Å². The van der Waals surface area contributed by atoms with Gasteiger partial charge in [-0.25, -0.2) is 0 Å². The summed E-state index contributed by atoms with van der Waals surface area (Å²) in [6, 6.07) is 0.800. The Labute approximate surface area is 95.4 Å². The summed E-state index contributed by atoms with van der Waals surface area (Å²) >= 11 is 0. The monoisotopic (exact) mass is 212 g/mol. The molecule has 1 aliphatic carbocycles. The molecule has 2 nitrogen and oxygen atoms in total. The van der Waals surface area contributed by atoms with E-state index in [1.165, 1.54) is 38.6 Å². The molecule has 0 aromatic carbocycles. The summed E-state index contributed by atoms with van der Waals surface area (Å²) in [7, 11) is 2.19. The van der Waals surface area contributed by atoms with Crippen LogP contribution in [0.3, 0.4) is 0 Å². The van der Waals surface area contributed by atoms with Crippen molar-refractivity contribution in [3.05, 3.63) is 0 Å². The van der Waals surface area contributed by atoms with E-state index in [0.29, 0.717) is 0 Å². The van der Waals surface area contributed by atoms with Gasteiger partial charge in [0, 0.05) is 19.1 Å². The summed E-state index contributed by atoms with van der Waals surface area (Å²) in [4.78, 5) is 2.37. The van der Waals surface area contributed by atoms with Crippen LogP contribution in [-0.2, 0) is 0 Å². The molecule has 0 radical (unpaired) electrons. The van der Waals surface area contributed by atoms with Gasteiger partial charge in [0.1, 0.15) is 0 Å². The standard InChI is InChI=1S/C13H28N2/c1-4-12-7-6-8-13(11-12)14-9-10-15(3)5-2/h12-14H,4-11H2,1-3H3. The average Bonchev–Trinajstić information content (AvgIpc) is 2.29. The molecule has 1 N–H and O–H groups in total. The van der Waals surface area contributed by atoms with Gasteiger partial charge in [0.15, 0.2) is 0 Å². The molecule has 0 heterocycles. The lowest BCUT2D eigenvalue weighted by molar-refractivity contribution is 0.266. The maximum absolute atomic E-state index is 3.71. The van der Waals surface area contributed by atoms with Crippen LogP contribution in [0.5, 0.6) is 0 Å². The first-order valence-corrected chi connectivity index (χ1v) is 6.68. The van der Waals surface area contributed by atoms with Gasteiger partial charge in [-0.3, -0.25) is 0 Å². The van der Waals surface area contributed by atoms with E-state index in [9.17, 15) is 0 Å². The second-order valence-corrected chi connectivity index (χ2v) is 4.99. The Morgan fingerprint density at radius 3 is 2.73 bits per heavy atom. The summed E-state index contributed by atoms with van der Waals surface area (Å²) < 4.78 is 0. The van der Waals surface area contributed by atoms with Crippen molar-refractivity contribution in [3.8, 4) is 0 Å². The molecule has 0 spiro atoms. The number of likely N-dealkylation sites (N-methyl/N-ethyl adjacent to an activating group) is 1. The van der Waals surface area contributed by atoms with E-state index < -0.39 is 0 Å². The fraction of sp³-hybridized carbons (Fsp3) is 1.00. The lowest BCUT2D eigenvalue weighted by Gasteiger charge is -2.29. The Balaban J connectivity index is 2.10. The molecular formula is C13H28N2. The summed E-state index contributed by atoms with van der Waals surface area (Å²) in [5, 5.41) is 3.71. The first-order valence-electron chi connectivity index (χ1n) is 6.68. The topological polar surface area (TPSA) is 15.3 Å². The van der Waals surface area contributed by atoms with Crippen molar-refractivity contribution in [2.45, 2.75) is 52.0 Å². The molecule has 1 rings (SSSR count). The van der Waals surface area contributed by atoms with Crippen LogP contribution in [0.2, 0.25) is 0 Å². The van der Waals surface area contributed by atoms with Crippen LogP contribution in [0.4, 0.5) is 0 Å². The van der Waals surface area contributed by atoms with Crippen molar-refractivity contribution >= 4 is 0 Å². The van der Waals surface area contributed by atoms with Crippen LogP contribution in [0, 0.1) is 5.92 Å². The lowest BCUT2D eigenvalue weighted by Crippen LogP contribution is -2.38. The van der Waals surface area contributed by atoms with E-state index >= 15 is 0 Å². The number of rotatable bonds is 6. The van der Waals surface area contributed by atoms with Crippen LogP contribution < -0.4 is 5.32 Å². The first kappa shape index (κ1) is 13.0. The predicted octanol–water partition coefficient (Wildman–Crippen LogP) is 2.50. The van der Waals surface area contributed by atoms with Gasteiger partial charge >= 0.3 is 0 Å². The Bertz CT molecular complexity index is 159. The number of hydrogen-bond donors (Lipinski definition) is 1. The Morgan fingerprint density at radius 1 is 1.27 bits per heavy atom. The van der Waals surface area contributed by atoms with Gasteiger partial charge in [-0.1, -0.05) is 33.1 Å². The van der Waals surface area contributed by atoms with Crippen molar-refractivity contribution in [2.75, 3.05) is 26.7 Å². The molecule has 0 aromatic rings. The van der Waals surface area contributed by atoms with Crippen molar-refractivity contribution in [1.29, 1.82) is 0 Å². The minimum absolute atomic E-state index is 0.800. The number of hydrogen-bond acceptors (Lipinski definition) is 2. The Hall–Kier alpha value is -0.0800. The molecule has 2 heteroatoms. The van der Waals surface area contributed by atoms with Gasteiger partial charge in [-0.2, -0.15) is 0 Å². The highest BCUT2D eigenvalue weighted by atomic mass is 15.1. The SMILES string of the molecule is CCC1CCCC(NCCN(C)CC)C1. The highest BCUT2D eigenvalue weighted by Gasteiger charge is 2.19. The molecule has 0 amide bonds. The fourth-order valence-corrected chi connectivity index (χ4v) is 2.46. The average molecular weight is 212 g/mol. The zero-order valence-electron chi connectivity index (χ0n) is 10.8. The van der Waals surface area contributed by atoms with Gasteiger partial charge < -0.3 is 10.2 Å². The largest absolute Gasteiger partial charge is 0.313 e. The van der Waals surface area contributed by atoms with Crippen LogP contribution in [0.15, 0.2) is 0 Å². The van der Waals surface area contributed by atoms with E-state index in [2.05, 4.69) is 31.1 Å². The summed E-state index contributed by atoms with van der Waals surface area (Å²) in [5.41, 5.74) is 0. The summed E-state index contributed by atoms with van der Waals surface area (Å²) in [5.74, 6) is 0.986. The van der Waals surface area contributed by atoms with Gasteiger partial charge in [-0.15, -0.1) is 0 Å².